The highest BCUT2D eigenvalue weighted by atomic mass is 16.3. The summed E-state index contributed by atoms with van der Waals surface area (Å²) in [5.74, 6) is 0.295. The Hall–Kier alpha value is -1.50. The van der Waals surface area contributed by atoms with E-state index in [2.05, 4.69) is 12.3 Å². The van der Waals surface area contributed by atoms with Crippen LogP contribution in [0, 0.1) is 0 Å². The molecule has 3 N–H and O–H groups in total. The van der Waals surface area contributed by atoms with Crippen molar-refractivity contribution in [3.05, 3.63) is 47.7 Å². The van der Waals surface area contributed by atoms with Crippen LogP contribution in [0.3, 0.4) is 0 Å². The lowest BCUT2D eigenvalue weighted by Crippen LogP contribution is -2.04. The molecule has 0 fully saturated rings. The molecule has 1 aromatic carbocycles. The zero-order valence-corrected chi connectivity index (χ0v) is 7.46. The summed E-state index contributed by atoms with van der Waals surface area (Å²) in [6, 6.07) is 7.19. The van der Waals surface area contributed by atoms with Crippen molar-refractivity contribution < 1.29 is 5.11 Å². The molecule has 0 aliphatic rings. The first kappa shape index (κ1) is 9.59. The summed E-state index contributed by atoms with van der Waals surface area (Å²) in [4.78, 5) is 0. The van der Waals surface area contributed by atoms with Crippen molar-refractivity contribution >= 4 is 0 Å². The molecule has 1 aromatic rings. The second-order valence-electron chi connectivity index (χ2n) is 2.79. The smallest absolute Gasteiger partial charge is 0.119 e. The third kappa shape index (κ3) is 2.48. The van der Waals surface area contributed by atoms with Crippen LogP contribution in [0.15, 0.2) is 42.1 Å². The Balaban J connectivity index is 2.86. The highest BCUT2D eigenvalue weighted by Crippen LogP contribution is 2.18. The van der Waals surface area contributed by atoms with E-state index in [1.807, 2.05) is 12.1 Å². The first-order valence-corrected chi connectivity index (χ1v) is 4.12. The van der Waals surface area contributed by atoms with Gasteiger partial charge in [-0.2, -0.15) is 0 Å². The summed E-state index contributed by atoms with van der Waals surface area (Å²) in [7, 11) is 0. The summed E-state index contributed by atoms with van der Waals surface area (Å²) < 4.78 is 0. The second kappa shape index (κ2) is 4.51. The molecule has 0 saturated heterocycles. The molecular formula is C11H13NO. The fourth-order valence-electron chi connectivity index (χ4n) is 1.10. The lowest BCUT2D eigenvalue weighted by molar-refractivity contribution is 0.469. The van der Waals surface area contributed by atoms with Crippen molar-refractivity contribution in [2.24, 2.45) is 5.73 Å². The first-order valence-electron chi connectivity index (χ1n) is 4.12. The molecule has 0 radical (unpaired) electrons. The lowest BCUT2D eigenvalue weighted by Gasteiger charge is -2.04. The normalized spacial score (nSPS) is 9.31. The highest BCUT2D eigenvalue weighted by molar-refractivity contribution is 5.35. The molecular weight excluding hydrogens is 162 g/mol. The van der Waals surface area contributed by atoms with Gasteiger partial charge in [0.05, 0.1) is 0 Å². The Morgan fingerprint density at radius 2 is 2.15 bits per heavy atom. The third-order valence-corrected chi connectivity index (χ3v) is 1.89. The number of para-hydroxylation sites is 1. The molecule has 0 unspecified atom stereocenters. The van der Waals surface area contributed by atoms with Crippen LogP contribution in [-0.4, -0.2) is 11.7 Å². The van der Waals surface area contributed by atoms with E-state index in [4.69, 9.17) is 5.73 Å². The van der Waals surface area contributed by atoms with Gasteiger partial charge in [-0.25, -0.2) is 0 Å². The molecule has 0 atom stereocenters. The molecule has 1 rings (SSSR count). The van der Waals surface area contributed by atoms with E-state index in [-0.39, 0.29) is 0 Å². The van der Waals surface area contributed by atoms with Gasteiger partial charge in [0.25, 0.3) is 0 Å². The fourth-order valence-corrected chi connectivity index (χ4v) is 1.10. The minimum Gasteiger partial charge on any atom is -0.508 e. The van der Waals surface area contributed by atoms with Crippen LogP contribution in [0.1, 0.15) is 5.56 Å². The van der Waals surface area contributed by atoms with Gasteiger partial charge < -0.3 is 10.8 Å². The third-order valence-electron chi connectivity index (χ3n) is 1.89. The fraction of sp³-hybridized carbons (Fsp3) is 0.182. The van der Waals surface area contributed by atoms with Crippen molar-refractivity contribution in [1.82, 2.24) is 0 Å². The van der Waals surface area contributed by atoms with Crippen LogP contribution in [0.2, 0.25) is 0 Å². The minimum atomic E-state index is 0.295. The van der Waals surface area contributed by atoms with Crippen LogP contribution in [-0.2, 0) is 6.42 Å². The number of hydrogen-bond acceptors (Lipinski definition) is 2. The van der Waals surface area contributed by atoms with Gasteiger partial charge in [-0.05, 0) is 17.2 Å². The summed E-state index contributed by atoms with van der Waals surface area (Å²) in [6.07, 6.45) is 0.618. The number of nitrogens with two attached hydrogens (primary N) is 1. The molecule has 0 aromatic heterocycles. The number of phenolic OH excluding ortho intramolecular Hbond substituents is 1. The quantitative estimate of drug-likeness (QED) is 0.685. The largest absolute Gasteiger partial charge is 0.508 e. The molecule has 0 heterocycles. The molecule has 68 valence electrons. The van der Waals surface area contributed by atoms with E-state index in [0.29, 0.717) is 18.7 Å². The molecule has 2 nitrogen and oxygen atoms in total. The monoisotopic (exact) mass is 175 g/mol. The lowest BCUT2D eigenvalue weighted by atomic mass is 10.1. The van der Waals surface area contributed by atoms with Crippen LogP contribution in [0.4, 0.5) is 0 Å². The Kier molecular flexibility index (Phi) is 3.32. The second-order valence-corrected chi connectivity index (χ2v) is 2.79. The number of hydrogen-bond donors (Lipinski definition) is 2. The van der Waals surface area contributed by atoms with Crippen molar-refractivity contribution in [3.63, 3.8) is 0 Å². The van der Waals surface area contributed by atoms with Gasteiger partial charge in [0.15, 0.2) is 0 Å². The number of benzene rings is 1. The predicted molar refractivity (Wildman–Crippen MR) is 53.5 cm³/mol. The average Bonchev–Trinajstić information content (AvgIpc) is 2.17. The SMILES string of the molecule is C=C=C(CN)Cc1ccccc1O. The molecule has 0 aliphatic carbocycles. The Morgan fingerprint density at radius 3 is 2.69 bits per heavy atom. The number of aromatic hydroxyl groups is 1. The zero-order chi connectivity index (χ0) is 9.68. The molecule has 0 spiro atoms. The van der Waals surface area contributed by atoms with Crippen molar-refractivity contribution in [3.8, 4) is 5.75 Å². The maximum atomic E-state index is 9.45. The number of phenols is 1. The van der Waals surface area contributed by atoms with Crippen LogP contribution in [0.5, 0.6) is 5.75 Å². The van der Waals surface area contributed by atoms with E-state index in [1.165, 1.54) is 0 Å². The average molecular weight is 175 g/mol. The van der Waals surface area contributed by atoms with Gasteiger partial charge in [0.1, 0.15) is 5.75 Å². The maximum Gasteiger partial charge on any atom is 0.119 e. The predicted octanol–water partition coefficient (Wildman–Crippen LogP) is 1.60. The van der Waals surface area contributed by atoms with E-state index >= 15 is 0 Å². The number of rotatable bonds is 3. The summed E-state index contributed by atoms with van der Waals surface area (Å²) >= 11 is 0. The van der Waals surface area contributed by atoms with Crippen molar-refractivity contribution in [1.29, 1.82) is 0 Å². The topological polar surface area (TPSA) is 46.2 Å². The van der Waals surface area contributed by atoms with E-state index < -0.39 is 0 Å². The van der Waals surface area contributed by atoms with Crippen molar-refractivity contribution in [2.45, 2.75) is 6.42 Å². The van der Waals surface area contributed by atoms with Crippen LogP contribution in [0.25, 0.3) is 0 Å². The van der Waals surface area contributed by atoms with Crippen LogP contribution < -0.4 is 5.73 Å². The van der Waals surface area contributed by atoms with Gasteiger partial charge in [-0.15, -0.1) is 5.73 Å². The first-order chi connectivity index (χ1) is 6.27. The Labute approximate surface area is 78.0 Å². The Morgan fingerprint density at radius 1 is 1.46 bits per heavy atom. The van der Waals surface area contributed by atoms with Gasteiger partial charge in [-0.1, -0.05) is 24.8 Å². The van der Waals surface area contributed by atoms with Gasteiger partial charge in [0.2, 0.25) is 0 Å². The molecule has 0 amide bonds. The summed E-state index contributed by atoms with van der Waals surface area (Å²) in [5.41, 5.74) is 9.98. The molecule has 0 aliphatic heterocycles. The Bertz CT molecular complexity index is 338. The minimum absolute atomic E-state index is 0.295. The standard InChI is InChI=1S/C11H13NO/c1-2-9(8-12)7-10-5-3-4-6-11(10)13/h3-6,13H,1,7-8,12H2. The highest BCUT2D eigenvalue weighted by Gasteiger charge is 2.01. The molecule has 0 bridgehead atoms. The van der Waals surface area contributed by atoms with E-state index in [1.54, 1.807) is 12.1 Å². The van der Waals surface area contributed by atoms with Gasteiger partial charge >= 0.3 is 0 Å². The van der Waals surface area contributed by atoms with Crippen LogP contribution >= 0.6 is 0 Å². The maximum absolute atomic E-state index is 9.45. The molecule has 0 saturated carbocycles. The zero-order valence-electron chi connectivity index (χ0n) is 7.46. The van der Waals surface area contributed by atoms with E-state index in [0.717, 1.165) is 11.1 Å². The summed E-state index contributed by atoms with van der Waals surface area (Å²) in [6.45, 7) is 3.96. The van der Waals surface area contributed by atoms with Gasteiger partial charge in [-0.3, -0.25) is 0 Å². The van der Waals surface area contributed by atoms with E-state index in [9.17, 15) is 5.11 Å². The van der Waals surface area contributed by atoms with Gasteiger partial charge in [0, 0.05) is 13.0 Å². The van der Waals surface area contributed by atoms with Crippen molar-refractivity contribution in [2.75, 3.05) is 6.54 Å². The molecule has 2 heteroatoms. The summed E-state index contributed by atoms with van der Waals surface area (Å²) in [5, 5.41) is 9.45. The molecule has 13 heavy (non-hydrogen) atoms.